The summed E-state index contributed by atoms with van der Waals surface area (Å²) in [7, 11) is 0. The van der Waals surface area contributed by atoms with Gasteiger partial charge in [0.1, 0.15) is 0 Å². The van der Waals surface area contributed by atoms with Gasteiger partial charge >= 0.3 is 196 Å². The molecule has 8 atom stereocenters. The number of unbranched alkanes of at least 4 members (excludes halogenated alkanes) is 5. The molecule has 0 radical (unpaired) electrons. The summed E-state index contributed by atoms with van der Waals surface area (Å²) in [5, 5.41) is 0. The van der Waals surface area contributed by atoms with Crippen LogP contribution >= 0.6 is 0 Å². The van der Waals surface area contributed by atoms with Crippen molar-refractivity contribution in [2.24, 2.45) is 40.4 Å². The monoisotopic (exact) mass is 528 g/mol. The van der Waals surface area contributed by atoms with Crippen LogP contribution in [-0.2, 0) is 4.79 Å². The molecule has 7 unspecified atom stereocenters. The van der Waals surface area contributed by atoms with E-state index in [1.54, 1.807) is 0 Å². The van der Waals surface area contributed by atoms with Gasteiger partial charge in [-0.3, -0.25) is 0 Å². The van der Waals surface area contributed by atoms with Gasteiger partial charge in [-0.15, -0.1) is 0 Å². The van der Waals surface area contributed by atoms with Gasteiger partial charge in [-0.25, -0.2) is 0 Å². The quantitative estimate of drug-likeness (QED) is 0.235. The molecule has 4 fully saturated rings. The summed E-state index contributed by atoms with van der Waals surface area (Å²) >= 11 is 0.278. The third-order valence-corrected chi connectivity index (χ3v) is 14.6. The molecule has 0 spiro atoms. The Morgan fingerprint density at radius 3 is 2.44 bits per heavy atom. The van der Waals surface area contributed by atoms with Gasteiger partial charge in [-0.2, -0.15) is 0 Å². The number of hydrogen-bond acceptors (Lipinski definition) is 1. The standard InChI is InChI=1S/C32H48OSe/c1-4-5-6-7-8-10-13-23-17-19-27-26-18-16-24-22-29(33)30(34-25-14-11-9-12-15-25)32(24,3)28(26)20-21-31(23,27)2/h9,11-12,14-15,23-24,26-28,30H,4-8,10,13,16-22H2,1-3H3/t23?,24?,26?,27?,28?,30-,31?,32?/m0/s1. The first kappa shape index (κ1) is 25.1. The van der Waals surface area contributed by atoms with E-state index in [9.17, 15) is 4.79 Å². The predicted octanol–water partition coefficient (Wildman–Crippen LogP) is 8.00. The van der Waals surface area contributed by atoms with Crippen molar-refractivity contribution in [2.45, 2.75) is 115 Å². The number of hydrogen-bond donors (Lipinski definition) is 0. The minimum absolute atomic E-state index is 0.258. The maximum atomic E-state index is 13.4. The van der Waals surface area contributed by atoms with E-state index >= 15 is 0 Å². The van der Waals surface area contributed by atoms with Crippen LogP contribution in [0.25, 0.3) is 0 Å². The summed E-state index contributed by atoms with van der Waals surface area (Å²) in [6.45, 7) is 7.60. The summed E-state index contributed by atoms with van der Waals surface area (Å²) in [4.78, 5) is 13.7. The van der Waals surface area contributed by atoms with Crippen LogP contribution in [0, 0.1) is 40.4 Å². The van der Waals surface area contributed by atoms with E-state index in [1.807, 2.05) is 0 Å². The summed E-state index contributed by atoms with van der Waals surface area (Å²) in [6, 6.07) is 11.0. The summed E-state index contributed by atoms with van der Waals surface area (Å²) in [6.07, 6.45) is 19.4. The predicted molar refractivity (Wildman–Crippen MR) is 145 cm³/mol. The first-order valence-corrected chi connectivity index (χ1v) is 16.6. The number of benzene rings is 1. The van der Waals surface area contributed by atoms with Gasteiger partial charge in [-0.1, -0.05) is 19.8 Å². The molecule has 0 saturated heterocycles. The van der Waals surface area contributed by atoms with Gasteiger partial charge in [0, 0.05) is 0 Å². The molecule has 1 aromatic carbocycles. The summed E-state index contributed by atoms with van der Waals surface area (Å²) in [5.41, 5.74) is 0.838. The molecule has 1 aromatic rings. The van der Waals surface area contributed by atoms with E-state index in [1.165, 1.54) is 87.9 Å². The SMILES string of the molecule is CCCCCCCCC1CCC2C3CCC4CC(=O)[C@H]([Se]c5ccccc5)C4(C)C3CCC12C. The van der Waals surface area contributed by atoms with Gasteiger partial charge < -0.3 is 0 Å². The molecule has 0 bridgehead atoms. The van der Waals surface area contributed by atoms with Gasteiger partial charge in [0.2, 0.25) is 0 Å². The van der Waals surface area contributed by atoms with Crippen molar-refractivity contribution < 1.29 is 4.79 Å². The fraction of sp³-hybridized carbons (Fsp3) is 0.781. The van der Waals surface area contributed by atoms with Crippen LogP contribution in [0.3, 0.4) is 0 Å². The molecule has 0 aliphatic heterocycles. The van der Waals surface area contributed by atoms with E-state index < -0.39 is 0 Å². The number of Topliss-reactive ketones (excluding diaryl/α,β-unsaturated/α-hetero) is 1. The first-order chi connectivity index (χ1) is 16.5. The van der Waals surface area contributed by atoms with Gasteiger partial charge in [0.15, 0.2) is 0 Å². The number of carbonyl (C=O) groups is 1. The average molecular weight is 528 g/mol. The summed E-state index contributed by atoms with van der Waals surface area (Å²) < 4.78 is 1.43. The maximum absolute atomic E-state index is 13.4. The van der Waals surface area contributed by atoms with Crippen molar-refractivity contribution in [3.63, 3.8) is 0 Å². The van der Waals surface area contributed by atoms with E-state index in [0.29, 0.717) is 21.9 Å². The number of ketones is 1. The molecule has 0 heterocycles. The van der Waals surface area contributed by atoms with E-state index in [-0.39, 0.29) is 20.4 Å². The van der Waals surface area contributed by atoms with Crippen molar-refractivity contribution in [1.82, 2.24) is 0 Å². The second-order valence-corrected chi connectivity index (χ2v) is 15.3. The van der Waals surface area contributed by atoms with Crippen molar-refractivity contribution in [3.8, 4) is 0 Å². The molecule has 1 nitrogen and oxygen atoms in total. The average Bonchev–Trinajstić information content (AvgIpc) is 3.30. The Morgan fingerprint density at radius 2 is 1.65 bits per heavy atom. The zero-order chi connectivity index (χ0) is 23.8. The second kappa shape index (κ2) is 10.4. The third kappa shape index (κ3) is 4.38. The van der Waals surface area contributed by atoms with Crippen LogP contribution < -0.4 is 4.46 Å². The number of carbonyl (C=O) groups excluding carboxylic acids is 1. The molecule has 0 aromatic heterocycles. The molecule has 5 rings (SSSR count). The molecular formula is C32H48OSe. The van der Waals surface area contributed by atoms with Crippen LogP contribution in [0.15, 0.2) is 30.3 Å². The van der Waals surface area contributed by atoms with Gasteiger partial charge in [0.05, 0.1) is 0 Å². The van der Waals surface area contributed by atoms with E-state index in [4.69, 9.17) is 0 Å². The van der Waals surface area contributed by atoms with Crippen LogP contribution in [0.1, 0.15) is 111 Å². The second-order valence-electron chi connectivity index (χ2n) is 12.9. The molecule has 4 aliphatic carbocycles. The molecule has 34 heavy (non-hydrogen) atoms. The van der Waals surface area contributed by atoms with Crippen LogP contribution in [-0.4, -0.2) is 20.7 Å². The number of rotatable bonds is 9. The molecule has 2 heteroatoms. The van der Waals surface area contributed by atoms with Crippen molar-refractivity contribution in [2.75, 3.05) is 0 Å². The Bertz CT molecular complexity index is 835. The zero-order valence-corrected chi connectivity index (χ0v) is 23.8. The van der Waals surface area contributed by atoms with Crippen molar-refractivity contribution in [1.29, 1.82) is 0 Å². The molecule has 188 valence electrons. The first-order valence-electron chi connectivity index (χ1n) is 14.7. The van der Waals surface area contributed by atoms with Gasteiger partial charge in [0.25, 0.3) is 0 Å². The fourth-order valence-electron chi connectivity index (χ4n) is 9.48. The molecule has 0 amide bonds. The normalized spacial score (nSPS) is 41.2. The van der Waals surface area contributed by atoms with Crippen molar-refractivity contribution in [3.05, 3.63) is 30.3 Å². The topological polar surface area (TPSA) is 17.1 Å². The molecule has 4 aliphatic rings. The van der Waals surface area contributed by atoms with E-state index in [0.717, 1.165) is 30.1 Å². The fourth-order valence-corrected chi connectivity index (χ4v) is 12.5. The summed E-state index contributed by atoms with van der Waals surface area (Å²) in [5.74, 6) is 4.83. The van der Waals surface area contributed by atoms with Crippen LogP contribution in [0.5, 0.6) is 0 Å². The Hall–Kier alpha value is -0.591. The third-order valence-electron chi connectivity index (χ3n) is 11.4. The Balaban J connectivity index is 1.28. The van der Waals surface area contributed by atoms with Crippen molar-refractivity contribution >= 4 is 25.2 Å². The van der Waals surface area contributed by atoms with Crippen LogP contribution in [0.2, 0.25) is 4.82 Å². The minimum atomic E-state index is 0.258. The van der Waals surface area contributed by atoms with Gasteiger partial charge in [-0.05, 0) is 0 Å². The van der Waals surface area contributed by atoms with Crippen LogP contribution in [0.4, 0.5) is 0 Å². The molecular weight excluding hydrogens is 479 g/mol. The molecule has 0 N–H and O–H groups in total. The Morgan fingerprint density at radius 1 is 0.882 bits per heavy atom. The van der Waals surface area contributed by atoms with E-state index in [2.05, 4.69) is 51.1 Å². The number of fused-ring (bicyclic) bond motifs is 5. The zero-order valence-electron chi connectivity index (χ0n) is 22.1. The molecule has 4 saturated carbocycles. The Labute approximate surface area is 215 Å². The Kier molecular flexibility index (Phi) is 7.68.